The monoisotopic (exact) mass is 311 g/mol. The summed E-state index contributed by atoms with van der Waals surface area (Å²) >= 11 is 0. The zero-order chi connectivity index (χ0) is 15.5. The predicted molar refractivity (Wildman–Crippen MR) is 84.9 cm³/mol. The molecule has 1 saturated heterocycles. The molecule has 0 aliphatic carbocycles. The molecule has 0 aromatic heterocycles. The van der Waals surface area contributed by atoms with Crippen LogP contribution < -0.4 is 5.32 Å². The summed E-state index contributed by atoms with van der Waals surface area (Å²) in [5, 5.41) is 3.09. The molecule has 118 valence electrons. The molecule has 5 nitrogen and oxygen atoms in total. The van der Waals surface area contributed by atoms with E-state index in [1.807, 2.05) is 33.2 Å². The summed E-state index contributed by atoms with van der Waals surface area (Å²) < 4.78 is 27.1. The van der Waals surface area contributed by atoms with Crippen molar-refractivity contribution in [2.45, 2.75) is 24.3 Å². The Morgan fingerprint density at radius 3 is 2.48 bits per heavy atom. The average Bonchev–Trinajstić information content (AvgIpc) is 2.45. The molecule has 1 aliphatic heterocycles. The molecule has 0 bridgehead atoms. The molecule has 2 rings (SSSR count). The van der Waals surface area contributed by atoms with Crippen LogP contribution in [0.15, 0.2) is 29.2 Å². The number of benzene rings is 1. The maximum atomic E-state index is 12.7. The first-order chi connectivity index (χ1) is 9.95. The van der Waals surface area contributed by atoms with Gasteiger partial charge in [0.05, 0.1) is 4.90 Å². The summed E-state index contributed by atoms with van der Waals surface area (Å²) in [6, 6.07) is 7.28. The van der Waals surface area contributed by atoms with E-state index < -0.39 is 10.0 Å². The van der Waals surface area contributed by atoms with Crippen molar-refractivity contribution in [1.29, 1.82) is 0 Å². The SMILES string of the molecule is CNCCc1ccc(S(=O)(=O)N2CCN(C)CC2C)cc1. The standard InChI is InChI=1S/C15H25N3O2S/c1-13-12-17(3)10-11-18(13)21(19,20)15-6-4-14(5-7-15)8-9-16-2/h4-7,13,16H,8-12H2,1-3H3. The second kappa shape index (κ2) is 6.87. The Labute approximate surface area is 128 Å². The molecule has 21 heavy (non-hydrogen) atoms. The van der Waals surface area contributed by atoms with Crippen LogP contribution in [0.3, 0.4) is 0 Å². The number of hydrogen-bond donors (Lipinski definition) is 1. The van der Waals surface area contributed by atoms with Gasteiger partial charge in [-0.05, 0) is 51.7 Å². The molecule has 1 atom stereocenters. The van der Waals surface area contributed by atoms with Crippen LogP contribution in [0.1, 0.15) is 12.5 Å². The highest BCUT2D eigenvalue weighted by atomic mass is 32.2. The number of piperazine rings is 1. The van der Waals surface area contributed by atoms with E-state index in [0.717, 1.165) is 31.6 Å². The van der Waals surface area contributed by atoms with Gasteiger partial charge < -0.3 is 10.2 Å². The largest absolute Gasteiger partial charge is 0.319 e. The number of sulfonamides is 1. The molecule has 1 heterocycles. The number of likely N-dealkylation sites (N-methyl/N-ethyl adjacent to an activating group) is 2. The van der Waals surface area contributed by atoms with Crippen molar-refractivity contribution in [2.75, 3.05) is 40.3 Å². The first-order valence-electron chi connectivity index (χ1n) is 7.39. The van der Waals surface area contributed by atoms with E-state index in [1.165, 1.54) is 0 Å². The van der Waals surface area contributed by atoms with Gasteiger partial charge in [0.2, 0.25) is 10.0 Å². The van der Waals surface area contributed by atoms with Crippen LogP contribution in [-0.4, -0.2) is 63.9 Å². The van der Waals surface area contributed by atoms with Crippen molar-refractivity contribution < 1.29 is 8.42 Å². The van der Waals surface area contributed by atoms with Crippen LogP contribution in [0.25, 0.3) is 0 Å². The first-order valence-corrected chi connectivity index (χ1v) is 8.83. The Balaban J connectivity index is 2.15. The van der Waals surface area contributed by atoms with Gasteiger partial charge in [0.15, 0.2) is 0 Å². The molecule has 1 fully saturated rings. The van der Waals surface area contributed by atoms with Gasteiger partial charge >= 0.3 is 0 Å². The van der Waals surface area contributed by atoms with Crippen molar-refractivity contribution in [3.8, 4) is 0 Å². The molecule has 1 aromatic rings. The molecule has 0 radical (unpaired) electrons. The molecule has 0 amide bonds. The van der Waals surface area contributed by atoms with Crippen LogP contribution in [-0.2, 0) is 16.4 Å². The Kier molecular flexibility index (Phi) is 5.37. The fraction of sp³-hybridized carbons (Fsp3) is 0.600. The third kappa shape index (κ3) is 3.83. The van der Waals surface area contributed by atoms with Gasteiger partial charge in [0, 0.05) is 25.7 Å². The molecular formula is C15H25N3O2S. The third-order valence-corrected chi connectivity index (χ3v) is 5.99. The summed E-state index contributed by atoms with van der Waals surface area (Å²) in [6.07, 6.45) is 0.905. The Morgan fingerprint density at radius 2 is 1.90 bits per heavy atom. The molecule has 1 N–H and O–H groups in total. The molecule has 0 saturated carbocycles. The quantitative estimate of drug-likeness (QED) is 0.873. The maximum absolute atomic E-state index is 12.7. The lowest BCUT2D eigenvalue weighted by molar-refractivity contribution is 0.170. The fourth-order valence-electron chi connectivity index (χ4n) is 2.71. The number of nitrogens with zero attached hydrogens (tertiary/aromatic N) is 2. The number of nitrogens with one attached hydrogen (secondary N) is 1. The van der Waals surface area contributed by atoms with Crippen molar-refractivity contribution >= 4 is 10.0 Å². The molecular weight excluding hydrogens is 286 g/mol. The van der Waals surface area contributed by atoms with Gasteiger partial charge in [0.25, 0.3) is 0 Å². The normalized spacial score (nSPS) is 21.6. The lowest BCUT2D eigenvalue weighted by Gasteiger charge is -2.37. The van der Waals surface area contributed by atoms with Gasteiger partial charge in [-0.15, -0.1) is 0 Å². The van der Waals surface area contributed by atoms with E-state index in [4.69, 9.17) is 0 Å². The molecule has 1 aliphatic rings. The lowest BCUT2D eigenvalue weighted by atomic mass is 10.1. The lowest BCUT2D eigenvalue weighted by Crippen LogP contribution is -2.52. The zero-order valence-electron chi connectivity index (χ0n) is 13.0. The van der Waals surface area contributed by atoms with Crippen molar-refractivity contribution in [1.82, 2.24) is 14.5 Å². The van der Waals surface area contributed by atoms with E-state index in [9.17, 15) is 8.42 Å². The van der Waals surface area contributed by atoms with Crippen molar-refractivity contribution in [3.63, 3.8) is 0 Å². The van der Waals surface area contributed by atoms with E-state index in [0.29, 0.717) is 11.4 Å². The van der Waals surface area contributed by atoms with Crippen molar-refractivity contribution in [2.24, 2.45) is 0 Å². The number of rotatable bonds is 5. The van der Waals surface area contributed by atoms with Gasteiger partial charge in [-0.1, -0.05) is 12.1 Å². The molecule has 1 unspecified atom stereocenters. The van der Waals surface area contributed by atoms with Crippen LogP contribution in [0, 0.1) is 0 Å². The highest BCUT2D eigenvalue weighted by Gasteiger charge is 2.32. The Bertz CT molecular complexity index is 557. The highest BCUT2D eigenvalue weighted by Crippen LogP contribution is 2.21. The Morgan fingerprint density at radius 1 is 1.24 bits per heavy atom. The summed E-state index contributed by atoms with van der Waals surface area (Å²) in [6.45, 7) is 4.97. The zero-order valence-corrected chi connectivity index (χ0v) is 13.9. The van der Waals surface area contributed by atoms with E-state index in [1.54, 1.807) is 16.4 Å². The van der Waals surface area contributed by atoms with Gasteiger partial charge in [0.1, 0.15) is 0 Å². The summed E-state index contributed by atoms with van der Waals surface area (Å²) in [5.74, 6) is 0. The summed E-state index contributed by atoms with van der Waals surface area (Å²) in [4.78, 5) is 2.56. The van der Waals surface area contributed by atoms with E-state index >= 15 is 0 Å². The topological polar surface area (TPSA) is 52.7 Å². The second-order valence-corrected chi connectivity index (χ2v) is 7.62. The minimum absolute atomic E-state index is 0.0118. The summed E-state index contributed by atoms with van der Waals surface area (Å²) in [5.41, 5.74) is 1.15. The minimum atomic E-state index is -3.38. The fourth-order valence-corrected chi connectivity index (χ4v) is 4.33. The molecule has 6 heteroatoms. The number of hydrogen-bond acceptors (Lipinski definition) is 4. The van der Waals surface area contributed by atoms with E-state index in [2.05, 4.69) is 10.2 Å². The van der Waals surface area contributed by atoms with Crippen LogP contribution >= 0.6 is 0 Å². The first kappa shape index (κ1) is 16.4. The van der Waals surface area contributed by atoms with Gasteiger partial charge in [-0.3, -0.25) is 0 Å². The smallest absolute Gasteiger partial charge is 0.243 e. The van der Waals surface area contributed by atoms with Crippen molar-refractivity contribution in [3.05, 3.63) is 29.8 Å². The highest BCUT2D eigenvalue weighted by molar-refractivity contribution is 7.89. The van der Waals surface area contributed by atoms with E-state index in [-0.39, 0.29) is 6.04 Å². The predicted octanol–water partition coefficient (Wildman–Crippen LogP) is 0.773. The summed E-state index contributed by atoms with van der Waals surface area (Å²) in [7, 11) is 0.554. The van der Waals surface area contributed by atoms with Gasteiger partial charge in [-0.2, -0.15) is 4.31 Å². The van der Waals surface area contributed by atoms with Crippen LogP contribution in [0.4, 0.5) is 0 Å². The third-order valence-electron chi connectivity index (χ3n) is 3.96. The Hall–Kier alpha value is -0.950. The maximum Gasteiger partial charge on any atom is 0.243 e. The molecule has 0 spiro atoms. The van der Waals surface area contributed by atoms with Gasteiger partial charge in [-0.25, -0.2) is 8.42 Å². The second-order valence-electron chi connectivity index (χ2n) is 5.72. The average molecular weight is 311 g/mol. The van der Waals surface area contributed by atoms with Crippen LogP contribution in [0.2, 0.25) is 0 Å². The molecule has 1 aromatic carbocycles. The minimum Gasteiger partial charge on any atom is -0.319 e. The van der Waals surface area contributed by atoms with Crippen LogP contribution in [0.5, 0.6) is 0 Å².